The van der Waals surface area contributed by atoms with Crippen molar-refractivity contribution in [2.24, 2.45) is 0 Å². The molecule has 1 aromatic carbocycles. The van der Waals surface area contributed by atoms with Crippen LogP contribution in [0.3, 0.4) is 0 Å². The highest BCUT2D eigenvalue weighted by molar-refractivity contribution is 5.74. The summed E-state index contributed by atoms with van der Waals surface area (Å²) in [4.78, 5) is 28.7. The normalized spacial score (nSPS) is 20.8. The first-order chi connectivity index (χ1) is 15.5. The maximum Gasteiger partial charge on any atom is 0.220 e. The largest absolute Gasteiger partial charge is 0.374 e. The molecule has 1 atom stereocenters. The molecule has 7 heteroatoms. The number of nitrogens with one attached hydrogen (secondary N) is 1. The van der Waals surface area contributed by atoms with Crippen LogP contribution >= 0.6 is 0 Å². The van der Waals surface area contributed by atoms with E-state index in [1.54, 1.807) is 6.92 Å². The van der Waals surface area contributed by atoms with E-state index in [9.17, 15) is 4.79 Å². The average molecular weight is 435 g/mol. The third-order valence-corrected chi connectivity index (χ3v) is 7.25. The van der Waals surface area contributed by atoms with Crippen LogP contribution in [-0.4, -0.2) is 59.4 Å². The molecule has 3 aliphatic heterocycles. The van der Waals surface area contributed by atoms with Crippen molar-refractivity contribution in [1.29, 1.82) is 0 Å². The molecule has 1 saturated heterocycles. The average Bonchev–Trinajstić information content (AvgIpc) is 3.29. The molecule has 1 fully saturated rings. The lowest BCUT2D eigenvalue weighted by Crippen LogP contribution is -2.34. The number of nitrogens with zero attached hydrogens (tertiary/aromatic N) is 5. The highest BCUT2D eigenvalue weighted by atomic mass is 16.2. The molecule has 0 saturated carbocycles. The van der Waals surface area contributed by atoms with Crippen molar-refractivity contribution in [3.8, 4) is 0 Å². The van der Waals surface area contributed by atoms with Gasteiger partial charge in [0, 0.05) is 65.0 Å². The van der Waals surface area contributed by atoms with Crippen molar-refractivity contribution in [3.05, 3.63) is 46.4 Å². The minimum Gasteiger partial charge on any atom is -0.374 e. The number of aromatic nitrogens is 2. The first kappa shape index (κ1) is 21.2. The predicted molar refractivity (Wildman–Crippen MR) is 127 cm³/mol. The van der Waals surface area contributed by atoms with Crippen LogP contribution in [-0.2, 0) is 30.7 Å². The molecule has 1 amide bonds. The van der Waals surface area contributed by atoms with Gasteiger partial charge in [-0.15, -0.1) is 0 Å². The summed E-state index contributed by atoms with van der Waals surface area (Å²) in [6.45, 7) is 6.36. The van der Waals surface area contributed by atoms with Crippen LogP contribution in [0.2, 0.25) is 0 Å². The molecule has 3 aliphatic rings. The quantitative estimate of drug-likeness (QED) is 0.798. The van der Waals surface area contributed by atoms with Gasteiger partial charge in [0.1, 0.15) is 5.82 Å². The van der Waals surface area contributed by atoms with Crippen molar-refractivity contribution in [3.63, 3.8) is 0 Å². The van der Waals surface area contributed by atoms with Crippen LogP contribution in [0.15, 0.2) is 18.2 Å². The molecular weight excluding hydrogens is 400 g/mol. The molecule has 0 spiro atoms. The Kier molecular flexibility index (Phi) is 5.76. The molecule has 5 rings (SSSR count). The fourth-order valence-electron chi connectivity index (χ4n) is 5.60. The molecule has 32 heavy (non-hydrogen) atoms. The highest BCUT2D eigenvalue weighted by Gasteiger charge is 2.32. The van der Waals surface area contributed by atoms with Gasteiger partial charge in [0.25, 0.3) is 0 Å². The van der Waals surface area contributed by atoms with Gasteiger partial charge in [-0.1, -0.05) is 12.1 Å². The van der Waals surface area contributed by atoms with E-state index in [0.29, 0.717) is 0 Å². The molecule has 170 valence electrons. The molecule has 7 nitrogen and oxygen atoms in total. The molecule has 1 unspecified atom stereocenters. The first-order valence-electron chi connectivity index (χ1n) is 11.9. The minimum absolute atomic E-state index is 0.00193. The summed E-state index contributed by atoms with van der Waals surface area (Å²) in [7, 11) is 4.12. The van der Waals surface area contributed by atoms with Crippen molar-refractivity contribution in [1.82, 2.24) is 19.8 Å². The standard InChI is InChI=1S/C25H34N6O/c1-17(32)31-12-5-7-23(31)25-27-21-16-30(13-10-20(21)24(26-2)28-25)15-18-8-9-22-19(14-18)6-4-11-29(22)3/h8-9,14,23H,4-7,10-13,15-16H2,1-3H3,(H,26,27,28). The second kappa shape index (κ2) is 8.70. The number of amides is 1. The summed E-state index contributed by atoms with van der Waals surface area (Å²) in [5.74, 6) is 1.83. The lowest BCUT2D eigenvalue weighted by Gasteiger charge is -2.31. The molecular formula is C25H34N6O. The Bertz CT molecular complexity index is 1020. The maximum absolute atomic E-state index is 12.1. The summed E-state index contributed by atoms with van der Waals surface area (Å²) < 4.78 is 0. The molecule has 0 aliphatic carbocycles. The van der Waals surface area contributed by atoms with Gasteiger partial charge in [0.05, 0.1) is 11.7 Å². The lowest BCUT2D eigenvalue weighted by atomic mass is 9.98. The van der Waals surface area contributed by atoms with Crippen LogP contribution in [0.1, 0.15) is 60.4 Å². The van der Waals surface area contributed by atoms with Crippen LogP contribution in [0.25, 0.3) is 0 Å². The second-order valence-corrected chi connectivity index (χ2v) is 9.42. The number of carbonyl (C=O) groups is 1. The van der Waals surface area contributed by atoms with Crippen molar-refractivity contribution < 1.29 is 4.79 Å². The summed E-state index contributed by atoms with van der Waals surface area (Å²) in [6.07, 6.45) is 5.30. The topological polar surface area (TPSA) is 64.6 Å². The van der Waals surface area contributed by atoms with E-state index in [4.69, 9.17) is 9.97 Å². The number of hydrogen-bond donors (Lipinski definition) is 1. The molecule has 2 aromatic rings. The fourth-order valence-corrected chi connectivity index (χ4v) is 5.60. The Morgan fingerprint density at radius 2 is 2.03 bits per heavy atom. The Balaban J connectivity index is 1.37. The van der Waals surface area contributed by atoms with E-state index in [2.05, 4.69) is 40.4 Å². The Labute approximate surface area is 190 Å². The minimum atomic E-state index is -0.00193. The van der Waals surface area contributed by atoms with E-state index < -0.39 is 0 Å². The maximum atomic E-state index is 12.1. The Morgan fingerprint density at radius 1 is 1.16 bits per heavy atom. The van der Waals surface area contributed by atoms with E-state index in [1.807, 2.05) is 11.9 Å². The van der Waals surface area contributed by atoms with Crippen LogP contribution in [0, 0.1) is 0 Å². The monoisotopic (exact) mass is 434 g/mol. The first-order valence-corrected chi connectivity index (χ1v) is 11.9. The summed E-state index contributed by atoms with van der Waals surface area (Å²) in [5, 5.41) is 3.29. The van der Waals surface area contributed by atoms with Crippen molar-refractivity contribution in [2.45, 2.75) is 58.2 Å². The van der Waals surface area contributed by atoms with Gasteiger partial charge in [-0.05, 0) is 49.3 Å². The Morgan fingerprint density at radius 3 is 2.84 bits per heavy atom. The Hall–Kier alpha value is -2.67. The van der Waals surface area contributed by atoms with E-state index >= 15 is 0 Å². The molecule has 4 heterocycles. The summed E-state index contributed by atoms with van der Waals surface area (Å²) >= 11 is 0. The van der Waals surface area contributed by atoms with E-state index in [0.717, 1.165) is 69.3 Å². The SMILES string of the molecule is CNc1nc(C2CCCN2C(C)=O)nc2c1CCN(Cc1ccc3c(c1)CCCN3C)C2. The number of rotatable bonds is 4. The van der Waals surface area contributed by atoms with Crippen LogP contribution in [0.4, 0.5) is 11.5 Å². The van der Waals surface area contributed by atoms with Crippen molar-refractivity contribution in [2.75, 3.05) is 43.9 Å². The number of aryl methyl sites for hydroxylation is 1. The number of hydrogen-bond acceptors (Lipinski definition) is 6. The zero-order valence-electron chi connectivity index (χ0n) is 19.5. The number of benzene rings is 1. The zero-order valence-corrected chi connectivity index (χ0v) is 19.5. The molecule has 0 bridgehead atoms. The molecule has 1 N–H and O–H groups in total. The summed E-state index contributed by atoms with van der Waals surface area (Å²) in [5.41, 5.74) is 6.57. The van der Waals surface area contributed by atoms with Gasteiger partial charge in [-0.2, -0.15) is 0 Å². The van der Waals surface area contributed by atoms with Gasteiger partial charge in [-0.25, -0.2) is 9.97 Å². The van der Waals surface area contributed by atoms with Gasteiger partial charge in [0.15, 0.2) is 5.82 Å². The fraction of sp³-hybridized carbons (Fsp3) is 0.560. The zero-order chi connectivity index (χ0) is 22.2. The number of carbonyl (C=O) groups excluding carboxylic acids is 1. The van der Waals surface area contributed by atoms with Gasteiger partial charge >= 0.3 is 0 Å². The second-order valence-electron chi connectivity index (χ2n) is 9.42. The van der Waals surface area contributed by atoms with E-state index in [1.165, 1.54) is 35.2 Å². The van der Waals surface area contributed by atoms with Crippen LogP contribution < -0.4 is 10.2 Å². The van der Waals surface area contributed by atoms with Crippen molar-refractivity contribution >= 4 is 17.4 Å². The van der Waals surface area contributed by atoms with E-state index in [-0.39, 0.29) is 11.9 Å². The van der Waals surface area contributed by atoms with Gasteiger partial charge < -0.3 is 15.1 Å². The third kappa shape index (κ3) is 3.94. The smallest absolute Gasteiger partial charge is 0.220 e. The molecule has 0 radical (unpaired) electrons. The van der Waals surface area contributed by atoms with Crippen LogP contribution in [0.5, 0.6) is 0 Å². The lowest BCUT2D eigenvalue weighted by molar-refractivity contribution is -0.129. The molecule has 1 aromatic heterocycles. The highest BCUT2D eigenvalue weighted by Crippen LogP contribution is 2.33. The number of fused-ring (bicyclic) bond motifs is 2. The van der Waals surface area contributed by atoms with Gasteiger partial charge in [-0.3, -0.25) is 9.69 Å². The van der Waals surface area contributed by atoms with Gasteiger partial charge in [0.2, 0.25) is 5.91 Å². The predicted octanol–water partition coefficient (Wildman–Crippen LogP) is 3.14. The summed E-state index contributed by atoms with van der Waals surface area (Å²) in [6, 6.07) is 6.97. The number of likely N-dealkylation sites (tertiary alicyclic amines) is 1. The third-order valence-electron chi connectivity index (χ3n) is 7.25. The number of anilines is 2.